The van der Waals surface area contributed by atoms with E-state index in [2.05, 4.69) is 31.1 Å². The summed E-state index contributed by atoms with van der Waals surface area (Å²) in [5.74, 6) is 0. The first kappa shape index (κ1) is 9.92. The molecule has 0 saturated heterocycles. The molecule has 2 nitrogen and oxygen atoms in total. The van der Waals surface area contributed by atoms with E-state index in [0.29, 0.717) is 6.04 Å². The van der Waals surface area contributed by atoms with Gasteiger partial charge in [0.1, 0.15) is 0 Å². The summed E-state index contributed by atoms with van der Waals surface area (Å²) < 4.78 is 0. The summed E-state index contributed by atoms with van der Waals surface area (Å²) in [6.45, 7) is 6.69. The summed E-state index contributed by atoms with van der Waals surface area (Å²) in [4.78, 5) is 2.32. The molecule has 2 heteroatoms. The molecule has 0 fully saturated rings. The summed E-state index contributed by atoms with van der Waals surface area (Å²) in [7, 11) is 4.18. The first-order chi connectivity index (χ1) is 4.74. The lowest BCUT2D eigenvalue weighted by Crippen LogP contribution is -2.36. The molecular formula is C8H22N2. The maximum atomic E-state index is 3.28. The van der Waals surface area contributed by atoms with Gasteiger partial charge in [-0.15, -0.1) is 0 Å². The van der Waals surface area contributed by atoms with Crippen LogP contribution in [0.5, 0.6) is 0 Å². The minimum absolute atomic E-state index is 0. The molecule has 0 aliphatic heterocycles. The van der Waals surface area contributed by atoms with Crippen molar-refractivity contribution in [2.75, 3.05) is 27.2 Å². The third-order valence-corrected chi connectivity index (χ3v) is 1.97. The van der Waals surface area contributed by atoms with E-state index in [9.17, 15) is 0 Å². The lowest BCUT2D eigenvalue weighted by atomic mass is 10.2. The van der Waals surface area contributed by atoms with Crippen LogP contribution in [0.1, 0.15) is 21.7 Å². The highest BCUT2D eigenvalue weighted by Crippen LogP contribution is 1.92. The first-order valence-corrected chi connectivity index (χ1v) is 4.10. The van der Waals surface area contributed by atoms with Gasteiger partial charge in [-0.2, -0.15) is 0 Å². The maximum Gasteiger partial charge on any atom is 0.0189 e. The van der Waals surface area contributed by atoms with Crippen LogP contribution in [0.25, 0.3) is 0 Å². The zero-order valence-electron chi connectivity index (χ0n) is 7.65. The smallest absolute Gasteiger partial charge is 0.0189 e. The Balaban J connectivity index is 0. The minimum atomic E-state index is 0. The van der Waals surface area contributed by atoms with Crippen LogP contribution >= 0.6 is 0 Å². The molecule has 0 spiro atoms. The van der Waals surface area contributed by atoms with E-state index >= 15 is 0 Å². The Morgan fingerprint density at radius 3 is 2.40 bits per heavy atom. The highest BCUT2D eigenvalue weighted by molar-refractivity contribution is 4.65. The number of rotatable bonds is 5. The van der Waals surface area contributed by atoms with Gasteiger partial charge < -0.3 is 10.2 Å². The van der Waals surface area contributed by atoms with Gasteiger partial charge in [0, 0.05) is 14.0 Å². The Bertz CT molecular complexity index is 74.5. The van der Waals surface area contributed by atoms with Gasteiger partial charge in [0.2, 0.25) is 0 Å². The summed E-state index contributed by atoms with van der Waals surface area (Å²) in [6.07, 6.45) is 1.21. The van der Waals surface area contributed by atoms with Crippen LogP contribution in [0.4, 0.5) is 0 Å². The average Bonchev–Trinajstić information content (AvgIpc) is 1.99. The second kappa shape index (κ2) is 5.69. The van der Waals surface area contributed by atoms with Gasteiger partial charge in [-0.05, 0) is 27.1 Å². The van der Waals surface area contributed by atoms with Crippen molar-refractivity contribution in [2.24, 2.45) is 0 Å². The lowest BCUT2D eigenvalue weighted by Gasteiger charge is -2.20. The summed E-state index contributed by atoms with van der Waals surface area (Å²) >= 11 is 0. The second-order valence-electron chi connectivity index (χ2n) is 2.75. The lowest BCUT2D eigenvalue weighted by molar-refractivity contribution is 0.304. The Labute approximate surface area is 66.1 Å². The molecule has 0 heterocycles. The van der Waals surface area contributed by atoms with Gasteiger partial charge in [-0.3, -0.25) is 0 Å². The minimum Gasteiger partial charge on any atom is -0.316 e. The van der Waals surface area contributed by atoms with E-state index < -0.39 is 0 Å². The predicted molar refractivity (Wildman–Crippen MR) is 48.4 cm³/mol. The van der Waals surface area contributed by atoms with Crippen molar-refractivity contribution < 1.29 is 1.43 Å². The Morgan fingerprint density at radius 2 is 2.10 bits per heavy atom. The largest absolute Gasteiger partial charge is 0.316 e. The SMILES string of the molecule is CC[C@H](CN(C)CC)NC.[HH]. The molecule has 0 aliphatic carbocycles. The van der Waals surface area contributed by atoms with Crippen LogP contribution in [0.2, 0.25) is 0 Å². The highest BCUT2D eigenvalue weighted by Gasteiger charge is 2.03. The molecule has 0 radical (unpaired) electrons. The fourth-order valence-corrected chi connectivity index (χ4v) is 0.930. The van der Waals surface area contributed by atoms with Crippen molar-refractivity contribution in [2.45, 2.75) is 26.3 Å². The second-order valence-corrected chi connectivity index (χ2v) is 2.75. The van der Waals surface area contributed by atoms with Crippen molar-refractivity contribution in [3.05, 3.63) is 0 Å². The van der Waals surface area contributed by atoms with Crippen LogP contribution in [0.15, 0.2) is 0 Å². The van der Waals surface area contributed by atoms with Crippen molar-refractivity contribution in [1.29, 1.82) is 0 Å². The maximum absolute atomic E-state index is 3.28. The molecule has 0 saturated carbocycles. The third kappa shape index (κ3) is 3.85. The topological polar surface area (TPSA) is 15.3 Å². The molecule has 0 aromatic rings. The van der Waals surface area contributed by atoms with Gasteiger partial charge in [-0.25, -0.2) is 0 Å². The van der Waals surface area contributed by atoms with E-state index in [1.54, 1.807) is 0 Å². The Hall–Kier alpha value is -0.0800. The number of likely N-dealkylation sites (N-methyl/N-ethyl adjacent to an activating group) is 2. The van der Waals surface area contributed by atoms with Crippen LogP contribution in [0, 0.1) is 0 Å². The molecule has 0 aromatic carbocycles. The number of hydrogen-bond acceptors (Lipinski definition) is 2. The van der Waals surface area contributed by atoms with E-state index in [1.165, 1.54) is 6.42 Å². The van der Waals surface area contributed by atoms with E-state index in [-0.39, 0.29) is 1.43 Å². The quantitative estimate of drug-likeness (QED) is 0.626. The van der Waals surface area contributed by atoms with E-state index in [0.717, 1.165) is 13.1 Å². The number of hydrogen-bond donors (Lipinski definition) is 1. The molecule has 64 valence electrons. The number of nitrogens with one attached hydrogen (secondary N) is 1. The monoisotopic (exact) mass is 146 g/mol. The predicted octanol–water partition coefficient (Wildman–Crippen LogP) is 1.18. The fourth-order valence-electron chi connectivity index (χ4n) is 0.930. The molecular weight excluding hydrogens is 124 g/mol. The zero-order valence-corrected chi connectivity index (χ0v) is 7.65. The standard InChI is InChI=1S/C8H20N2.H2/c1-5-8(9-3)7-10(4)6-2;/h8-9H,5-7H2,1-4H3;1H/t8-;/m1./s1. The third-order valence-electron chi connectivity index (χ3n) is 1.97. The Morgan fingerprint density at radius 1 is 1.50 bits per heavy atom. The van der Waals surface area contributed by atoms with Crippen molar-refractivity contribution in [1.82, 2.24) is 10.2 Å². The van der Waals surface area contributed by atoms with Crippen LogP contribution in [0.3, 0.4) is 0 Å². The molecule has 0 amide bonds. The summed E-state index contributed by atoms with van der Waals surface area (Å²) in [5.41, 5.74) is 0. The normalized spacial score (nSPS) is 14.1. The van der Waals surface area contributed by atoms with E-state index in [1.807, 2.05) is 7.05 Å². The molecule has 0 rings (SSSR count). The molecule has 10 heavy (non-hydrogen) atoms. The Kier molecular flexibility index (Phi) is 5.64. The average molecular weight is 146 g/mol. The van der Waals surface area contributed by atoms with E-state index in [4.69, 9.17) is 0 Å². The molecule has 1 N–H and O–H groups in total. The molecule has 0 aliphatic rings. The highest BCUT2D eigenvalue weighted by atomic mass is 15.1. The van der Waals surface area contributed by atoms with Crippen LogP contribution in [-0.4, -0.2) is 38.1 Å². The van der Waals surface area contributed by atoms with Gasteiger partial charge in [0.25, 0.3) is 0 Å². The van der Waals surface area contributed by atoms with Crippen molar-refractivity contribution >= 4 is 0 Å². The first-order valence-electron chi connectivity index (χ1n) is 4.10. The summed E-state index contributed by atoms with van der Waals surface area (Å²) in [6, 6.07) is 0.657. The van der Waals surface area contributed by atoms with Crippen LogP contribution < -0.4 is 5.32 Å². The molecule has 0 unspecified atom stereocenters. The summed E-state index contributed by atoms with van der Waals surface area (Å²) in [5, 5.41) is 3.28. The fraction of sp³-hybridized carbons (Fsp3) is 1.00. The zero-order chi connectivity index (χ0) is 7.98. The van der Waals surface area contributed by atoms with Crippen molar-refractivity contribution in [3.8, 4) is 0 Å². The van der Waals surface area contributed by atoms with Gasteiger partial charge in [0.15, 0.2) is 0 Å². The van der Waals surface area contributed by atoms with Gasteiger partial charge in [-0.1, -0.05) is 13.8 Å². The molecule has 0 aromatic heterocycles. The molecule has 0 bridgehead atoms. The van der Waals surface area contributed by atoms with Gasteiger partial charge in [0.05, 0.1) is 0 Å². The van der Waals surface area contributed by atoms with Gasteiger partial charge >= 0.3 is 0 Å². The molecule has 1 atom stereocenters. The number of nitrogens with zero attached hydrogens (tertiary/aromatic N) is 1. The van der Waals surface area contributed by atoms with Crippen LogP contribution in [-0.2, 0) is 0 Å². The van der Waals surface area contributed by atoms with Crippen molar-refractivity contribution in [3.63, 3.8) is 0 Å².